The number of aromatic nitrogens is 1. The van der Waals surface area contributed by atoms with Crippen molar-refractivity contribution < 1.29 is 9.90 Å². The molecule has 2 rings (SSSR count). The maximum atomic E-state index is 11.0. The molecule has 0 amide bonds. The summed E-state index contributed by atoms with van der Waals surface area (Å²) in [5, 5.41) is 9.01. The Morgan fingerprint density at radius 2 is 2.05 bits per heavy atom. The fourth-order valence-corrected chi connectivity index (χ4v) is 2.06. The van der Waals surface area contributed by atoms with Crippen LogP contribution in [-0.4, -0.2) is 22.6 Å². The van der Waals surface area contributed by atoms with E-state index in [4.69, 9.17) is 5.11 Å². The highest BCUT2D eigenvalue weighted by Gasteiger charge is 2.12. The molecule has 0 aliphatic carbocycles. The molecule has 0 bridgehead atoms. The molecule has 1 heterocycles. The lowest BCUT2D eigenvalue weighted by Gasteiger charge is -2.25. The van der Waals surface area contributed by atoms with Crippen LogP contribution in [-0.2, 0) is 0 Å². The van der Waals surface area contributed by atoms with E-state index in [1.807, 2.05) is 44.2 Å². The number of carboxylic acids is 1. The van der Waals surface area contributed by atoms with Gasteiger partial charge in [-0.05, 0) is 37.6 Å². The molecule has 0 unspecified atom stereocenters. The molecule has 1 N–H and O–H groups in total. The number of nitrogens with zero attached hydrogens (tertiary/aromatic N) is 2. The summed E-state index contributed by atoms with van der Waals surface area (Å²) >= 11 is 0. The topological polar surface area (TPSA) is 53.4 Å². The second-order valence-electron chi connectivity index (χ2n) is 4.24. The number of aromatic carboxylic acids is 1. The average molecular weight is 256 g/mol. The Kier molecular flexibility index (Phi) is 3.80. The normalized spacial score (nSPS) is 10.2. The molecule has 2 aromatic rings. The number of benzene rings is 1. The minimum atomic E-state index is -1.01. The predicted molar refractivity (Wildman–Crippen MR) is 75.1 cm³/mol. The summed E-state index contributed by atoms with van der Waals surface area (Å²) in [6.45, 7) is 4.83. The monoisotopic (exact) mass is 256 g/mol. The second kappa shape index (κ2) is 5.52. The molecule has 4 nitrogen and oxygen atoms in total. The van der Waals surface area contributed by atoms with Gasteiger partial charge < -0.3 is 10.0 Å². The fourth-order valence-electron chi connectivity index (χ4n) is 2.06. The van der Waals surface area contributed by atoms with Gasteiger partial charge in [0.1, 0.15) is 5.69 Å². The number of pyridine rings is 1. The minimum Gasteiger partial charge on any atom is -0.477 e. The molecular weight excluding hydrogens is 240 g/mol. The Hall–Kier alpha value is -2.36. The Morgan fingerprint density at radius 1 is 1.32 bits per heavy atom. The van der Waals surface area contributed by atoms with Crippen LogP contribution < -0.4 is 4.90 Å². The molecule has 1 aromatic heterocycles. The maximum absolute atomic E-state index is 11.0. The van der Waals surface area contributed by atoms with Crippen molar-refractivity contribution in [2.45, 2.75) is 13.8 Å². The van der Waals surface area contributed by atoms with Crippen LogP contribution in [0.15, 0.2) is 42.6 Å². The van der Waals surface area contributed by atoms with Crippen molar-refractivity contribution in [2.24, 2.45) is 0 Å². The maximum Gasteiger partial charge on any atom is 0.354 e. The zero-order valence-electron chi connectivity index (χ0n) is 11.0. The van der Waals surface area contributed by atoms with Gasteiger partial charge in [-0.25, -0.2) is 9.78 Å². The lowest BCUT2D eigenvalue weighted by Crippen LogP contribution is -2.17. The first-order chi connectivity index (χ1) is 9.13. The quantitative estimate of drug-likeness (QED) is 0.912. The summed E-state index contributed by atoms with van der Waals surface area (Å²) < 4.78 is 0. The standard InChI is InChI=1S/C15H16N2O2/c1-3-17(14-7-5-4-6-11(14)2)12-8-9-16-13(10-12)15(18)19/h4-10H,3H2,1-2H3,(H,18,19). The molecular formula is C15H16N2O2. The van der Waals surface area contributed by atoms with Gasteiger partial charge in [0.25, 0.3) is 0 Å². The summed E-state index contributed by atoms with van der Waals surface area (Å²) in [7, 11) is 0. The molecule has 0 saturated heterocycles. The number of para-hydroxylation sites is 1. The van der Waals surface area contributed by atoms with E-state index < -0.39 is 5.97 Å². The van der Waals surface area contributed by atoms with E-state index in [1.165, 1.54) is 6.20 Å². The molecule has 0 radical (unpaired) electrons. The third-order valence-corrected chi connectivity index (χ3v) is 3.00. The van der Waals surface area contributed by atoms with Crippen molar-refractivity contribution in [3.8, 4) is 0 Å². The molecule has 4 heteroatoms. The highest BCUT2D eigenvalue weighted by Crippen LogP contribution is 2.27. The van der Waals surface area contributed by atoms with E-state index in [0.29, 0.717) is 0 Å². The van der Waals surface area contributed by atoms with Gasteiger partial charge in [-0.3, -0.25) is 0 Å². The van der Waals surface area contributed by atoms with Gasteiger partial charge in [-0.15, -0.1) is 0 Å². The van der Waals surface area contributed by atoms with Crippen LogP contribution in [0.3, 0.4) is 0 Å². The van der Waals surface area contributed by atoms with Crippen molar-refractivity contribution in [3.63, 3.8) is 0 Å². The second-order valence-corrected chi connectivity index (χ2v) is 4.24. The van der Waals surface area contributed by atoms with Gasteiger partial charge in [0.05, 0.1) is 0 Å². The number of aryl methyl sites for hydroxylation is 1. The Labute approximate surface area is 112 Å². The van der Waals surface area contributed by atoms with Crippen molar-refractivity contribution in [1.29, 1.82) is 0 Å². The van der Waals surface area contributed by atoms with Crippen LogP contribution in [0.25, 0.3) is 0 Å². The first-order valence-electron chi connectivity index (χ1n) is 6.16. The van der Waals surface area contributed by atoms with E-state index in [-0.39, 0.29) is 5.69 Å². The molecule has 0 aliphatic heterocycles. The van der Waals surface area contributed by atoms with Crippen molar-refractivity contribution >= 4 is 17.3 Å². The molecule has 0 saturated carbocycles. The fraction of sp³-hybridized carbons (Fsp3) is 0.200. The van der Waals surface area contributed by atoms with E-state index in [9.17, 15) is 4.79 Å². The van der Waals surface area contributed by atoms with Crippen LogP contribution >= 0.6 is 0 Å². The van der Waals surface area contributed by atoms with E-state index in [1.54, 1.807) is 6.07 Å². The molecule has 0 atom stereocenters. The van der Waals surface area contributed by atoms with Crippen LogP contribution in [0.2, 0.25) is 0 Å². The van der Waals surface area contributed by atoms with Crippen LogP contribution in [0.4, 0.5) is 11.4 Å². The van der Waals surface area contributed by atoms with Gasteiger partial charge in [0.15, 0.2) is 0 Å². The third-order valence-electron chi connectivity index (χ3n) is 3.00. The Bertz CT molecular complexity index is 596. The molecule has 98 valence electrons. The first kappa shape index (κ1) is 13.1. The number of hydrogen-bond donors (Lipinski definition) is 1. The largest absolute Gasteiger partial charge is 0.477 e. The molecule has 0 aliphatic rings. The van der Waals surface area contributed by atoms with Gasteiger partial charge in [-0.1, -0.05) is 18.2 Å². The smallest absolute Gasteiger partial charge is 0.354 e. The number of carbonyl (C=O) groups is 1. The van der Waals surface area contributed by atoms with Crippen molar-refractivity contribution in [3.05, 3.63) is 53.9 Å². The summed E-state index contributed by atoms with van der Waals surface area (Å²) in [5.41, 5.74) is 3.12. The number of anilines is 2. The Morgan fingerprint density at radius 3 is 2.68 bits per heavy atom. The van der Waals surface area contributed by atoms with E-state index in [0.717, 1.165) is 23.5 Å². The molecule has 0 fully saturated rings. The number of carboxylic acid groups (broad SMARTS) is 1. The summed E-state index contributed by atoms with van der Waals surface area (Å²) in [5.74, 6) is -1.01. The van der Waals surface area contributed by atoms with Gasteiger partial charge >= 0.3 is 5.97 Å². The van der Waals surface area contributed by atoms with Crippen LogP contribution in [0, 0.1) is 6.92 Å². The Balaban J connectivity index is 2.45. The number of hydrogen-bond acceptors (Lipinski definition) is 3. The molecule has 0 spiro atoms. The van der Waals surface area contributed by atoms with E-state index in [2.05, 4.69) is 9.88 Å². The van der Waals surface area contributed by atoms with Crippen molar-refractivity contribution in [2.75, 3.05) is 11.4 Å². The zero-order chi connectivity index (χ0) is 13.8. The lowest BCUT2D eigenvalue weighted by atomic mass is 10.1. The minimum absolute atomic E-state index is 0.0598. The van der Waals surface area contributed by atoms with Gasteiger partial charge in [0.2, 0.25) is 0 Å². The summed E-state index contributed by atoms with van der Waals surface area (Å²) in [6, 6.07) is 11.4. The van der Waals surface area contributed by atoms with Crippen molar-refractivity contribution in [1.82, 2.24) is 4.98 Å². The summed E-state index contributed by atoms with van der Waals surface area (Å²) in [4.78, 5) is 16.9. The highest BCUT2D eigenvalue weighted by atomic mass is 16.4. The van der Waals surface area contributed by atoms with Gasteiger partial charge in [-0.2, -0.15) is 0 Å². The summed E-state index contributed by atoms with van der Waals surface area (Å²) in [6.07, 6.45) is 1.53. The van der Waals surface area contributed by atoms with Gasteiger partial charge in [0, 0.05) is 24.1 Å². The van der Waals surface area contributed by atoms with E-state index >= 15 is 0 Å². The van der Waals surface area contributed by atoms with Crippen LogP contribution in [0.5, 0.6) is 0 Å². The SMILES string of the molecule is CCN(c1ccnc(C(=O)O)c1)c1ccccc1C. The first-order valence-corrected chi connectivity index (χ1v) is 6.16. The molecule has 1 aromatic carbocycles. The average Bonchev–Trinajstić information content (AvgIpc) is 2.42. The van der Waals surface area contributed by atoms with Crippen LogP contribution in [0.1, 0.15) is 23.0 Å². The zero-order valence-corrected chi connectivity index (χ0v) is 11.0. The highest BCUT2D eigenvalue weighted by molar-refractivity contribution is 5.87. The molecule has 19 heavy (non-hydrogen) atoms. The lowest BCUT2D eigenvalue weighted by molar-refractivity contribution is 0.0690. The predicted octanol–water partition coefficient (Wildman–Crippen LogP) is 3.25. The number of rotatable bonds is 4. The third kappa shape index (κ3) is 2.73.